The standard InChI is InChI=1S/C18H25NO/c1-2-16-10-6-7-13-19(16)18(20)17(15-11-12-15)14-8-4-3-5-9-14/h3-5,8-9,15-17H,2,6-7,10-13H2,1H3. The summed E-state index contributed by atoms with van der Waals surface area (Å²) in [7, 11) is 0. The van der Waals surface area contributed by atoms with E-state index < -0.39 is 0 Å². The number of likely N-dealkylation sites (tertiary alicyclic amines) is 1. The number of nitrogens with zero attached hydrogens (tertiary/aromatic N) is 1. The van der Waals surface area contributed by atoms with Gasteiger partial charge in [0.25, 0.3) is 0 Å². The van der Waals surface area contributed by atoms with E-state index in [1.54, 1.807) is 0 Å². The first-order valence-electron chi connectivity index (χ1n) is 8.16. The summed E-state index contributed by atoms with van der Waals surface area (Å²) in [6.07, 6.45) is 7.17. The van der Waals surface area contributed by atoms with Crippen LogP contribution in [0.4, 0.5) is 0 Å². The second kappa shape index (κ2) is 5.99. The van der Waals surface area contributed by atoms with E-state index in [4.69, 9.17) is 0 Å². The van der Waals surface area contributed by atoms with Gasteiger partial charge in [-0.05, 0) is 50.0 Å². The van der Waals surface area contributed by atoms with E-state index in [0.29, 0.717) is 17.9 Å². The van der Waals surface area contributed by atoms with Crippen molar-refractivity contribution in [3.05, 3.63) is 35.9 Å². The molecule has 1 aliphatic heterocycles. The molecule has 2 aliphatic rings. The zero-order valence-electron chi connectivity index (χ0n) is 12.4. The zero-order valence-corrected chi connectivity index (χ0v) is 12.4. The van der Waals surface area contributed by atoms with Crippen LogP contribution in [0.25, 0.3) is 0 Å². The Hall–Kier alpha value is -1.31. The molecule has 0 N–H and O–H groups in total. The van der Waals surface area contributed by atoms with Gasteiger partial charge in [-0.2, -0.15) is 0 Å². The van der Waals surface area contributed by atoms with Gasteiger partial charge < -0.3 is 4.90 Å². The summed E-state index contributed by atoms with van der Waals surface area (Å²) in [6.45, 7) is 3.18. The van der Waals surface area contributed by atoms with Crippen LogP contribution in [0, 0.1) is 5.92 Å². The molecule has 1 aliphatic carbocycles. The van der Waals surface area contributed by atoms with Crippen molar-refractivity contribution in [3.8, 4) is 0 Å². The molecule has 2 fully saturated rings. The predicted octanol–water partition coefficient (Wildman–Crippen LogP) is 3.97. The van der Waals surface area contributed by atoms with Gasteiger partial charge in [-0.1, -0.05) is 37.3 Å². The first-order chi connectivity index (χ1) is 9.81. The molecule has 1 saturated carbocycles. The van der Waals surface area contributed by atoms with Crippen LogP contribution in [-0.4, -0.2) is 23.4 Å². The lowest BCUT2D eigenvalue weighted by atomic mass is 9.90. The topological polar surface area (TPSA) is 20.3 Å². The summed E-state index contributed by atoms with van der Waals surface area (Å²) >= 11 is 0. The Bertz CT molecular complexity index is 452. The van der Waals surface area contributed by atoms with Crippen molar-refractivity contribution in [3.63, 3.8) is 0 Å². The molecule has 3 rings (SSSR count). The number of carbonyl (C=O) groups is 1. The van der Waals surface area contributed by atoms with Crippen LogP contribution in [0.1, 0.15) is 56.9 Å². The van der Waals surface area contributed by atoms with Crippen LogP contribution >= 0.6 is 0 Å². The number of amides is 1. The number of piperidine rings is 1. The maximum Gasteiger partial charge on any atom is 0.230 e. The monoisotopic (exact) mass is 271 g/mol. The highest BCUT2D eigenvalue weighted by Crippen LogP contribution is 2.44. The van der Waals surface area contributed by atoms with E-state index in [-0.39, 0.29) is 5.92 Å². The maximum atomic E-state index is 13.1. The Labute approximate surface area is 122 Å². The lowest BCUT2D eigenvalue weighted by Gasteiger charge is -2.37. The third kappa shape index (κ3) is 2.74. The predicted molar refractivity (Wildman–Crippen MR) is 81.6 cm³/mol. The Morgan fingerprint density at radius 2 is 1.95 bits per heavy atom. The van der Waals surface area contributed by atoms with Gasteiger partial charge in [0.05, 0.1) is 5.92 Å². The molecule has 0 bridgehead atoms. The van der Waals surface area contributed by atoms with Gasteiger partial charge in [-0.3, -0.25) is 4.79 Å². The van der Waals surface area contributed by atoms with Crippen LogP contribution in [-0.2, 0) is 4.79 Å². The average Bonchev–Trinajstić information content (AvgIpc) is 3.33. The quantitative estimate of drug-likeness (QED) is 0.811. The maximum absolute atomic E-state index is 13.1. The molecule has 2 unspecified atom stereocenters. The third-order valence-electron chi connectivity index (χ3n) is 4.90. The molecule has 1 aromatic rings. The van der Waals surface area contributed by atoms with Gasteiger partial charge in [-0.15, -0.1) is 0 Å². The van der Waals surface area contributed by atoms with Crippen molar-refractivity contribution in [2.24, 2.45) is 5.92 Å². The number of rotatable bonds is 4. The normalized spacial score (nSPS) is 24.4. The van der Waals surface area contributed by atoms with Crippen LogP contribution in [0.15, 0.2) is 30.3 Å². The largest absolute Gasteiger partial charge is 0.339 e. The first kappa shape index (κ1) is 13.7. The van der Waals surface area contributed by atoms with E-state index in [9.17, 15) is 4.79 Å². The Morgan fingerprint density at radius 1 is 1.20 bits per heavy atom. The average molecular weight is 271 g/mol. The smallest absolute Gasteiger partial charge is 0.230 e. The Morgan fingerprint density at radius 3 is 2.60 bits per heavy atom. The van der Waals surface area contributed by atoms with Crippen molar-refractivity contribution in [2.75, 3.05) is 6.54 Å². The minimum atomic E-state index is 0.114. The van der Waals surface area contributed by atoms with Gasteiger partial charge in [0.1, 0.15) is 0 Å². The molecule has 108 valence electrons. The van der Waals surface area contributed by atoms with Gasteiger partial charge in [0.2, 0.25) is 5.91 Å². The Kier molecular flexibility index (Phi) is 4.09. The number of carbonyl (C=O) groups excluding carboxylic acids is 1. The molecule has 0 aromatic heterocycles. The molecule has 1 aromatic carbocycles. The van der Waals surface area contributed by atoms with Gasteiger partial charge in [0.15, 0.2) is 0 Å². The summed E-state index contributed by atoms with van der Waals surface area (Å²) in [4.78, 5) is 15.3. The number of hydrogen-bond acceptors (Lipinski definition) is 1. The van der Waals surface area contributed by atoms with E-state index in [1.807, 2.05) is 6.07 Å². The molecule has 2 heteroatoms. The van der Waals surface area contributed by atoms with Gasteiger partial charge >= 0.3 is 0 Å². The molecule has 1 amide bonds. The van der Waals surface area contributed by atoms with Crippen LogP contribution in [0.2, 0.25) is 0 Å². The van der Waals surface area contributed by atoms with Gasteiger partial charge in [-0.25, -0.2) is 0 Å². The minimum absolute atomic E-state index is 0.114. The van der Waals surface area contributed by atoms with Crippen molar-refractivity contribution in [2.45, 2.75) is 57.4 Å². The van der Waals surface area contributed by atoms with E-state index >= 15 is 0 Å². The van der Waals surface area contributed by atoms with Crippen molar-refractivity contribution >= 4 is 5.91 Å². The summed E-state index contributed by atoms with van der Waals surface area (Å²) in [5, 5.41) is 0. The summed E-state index contributed by atoms with van der Waals surface area (Å²) in [5.41, 5.74) is 1.22. The fraction of sp³-hybridized carbons (Fsp3) is 0.611. The van der Waals surface area contributed by atoms with Crippen molar-refractivity contribution in [1.29, 1.82) is 0 Å². The summed E-state index contributed by atoms with van der Waals surface area (Å²) < 4.78 is 0. The lowest BCUT2D eigenvalue weighted by molar-refractivity contribution is -0.137. The van der Waals surface area contributed by atoms with Gasteiger partial charge in [0, 0.05) is 12.6 Å². The number of hydrogen-bond donors (Lipinski definition) is 0. The second-order valence-electron chi connectivity index (χ2n) is 6.32. The fourth-order valence-corrected chi connectivity index (χ4v) is 3.60. The Balaban J connectivity index is 1.82. The van der Waals surface area contributed by atoms with Crippen molar-refractivity contribution < 1.29 is 4.79 Å². The first-order valence-corrected chi connectivity index (χ1v) is 8.16. The highest BCUT2D eigenvalue weighted by atomic mass is 16.2. The summed E-state index contributed by atoms with van der Waals surface area (Å²) in [6, 6.07) is 10.9. The molecule has 0 radical (unpaired) electrons. The SMILES string of the molecule is CCC1CCCCN1C(=O)C(c1ccccc1)C1CC1. The molecule has 0 spiro atoms. The lowest BCUT2D eigenvalue weighted by Crippen LogP contribution is -2.46. The molecule has 2 atom stereocenters. The van der Waals surface area contributed by atoms with E-state index in [2.05, 4.69) is 36.1 Å². The third-order valence-corrected chi connectivity index (χ3v) is 4.90. The van der Waals surface area contributed by atoms with Crippen LogP contribution in [0.3, 0.4) is 0 Å². The molecule has 20 heavy (non-hydrogen) atoms. The molecular weight excluding hydrogens is 246 g/mol. The van der Waals surface area contributed by atoms with E-state index in [0.717, 1.165) is 13.0 Å². The van der Waals surface area contributed by atoms with Crippen LogP contribution in [0.5, 0.6) is 0 Å². The number of benzene rings is 1. The highest BCUT2D eigenvalue weighted by Gasteiger charge is 2.40. The fourth-order valence-electron chi connectivity index (χ4n) is 3.60. The zero-order chi connectivity index (χ0) is 13.9. The molecular formula is C18H25NO. The molecule has 2 nitrogen and oxygen atoms in total. The van der Waals surface area contributed by atoms with Crippen LogP contribution < -0.4 is 0 Å². The second-order valence-corrected chi connectivity index (χ2v) is 6.32. The highest BCUT2D eigenvalue weighted by molar-refractivity contribution is 5.85. The molecule has 1 saturated heterocycles. The van der Waals surface area contributed by atoms with E-state index in [1.165, 1.54) is 37.7 Å². The summed E-state index contributed by atoms with van der Waals surface area (Å²) in [5.74, 6) is 1.10. The molecule has 1 heterocycles. The van der Waals surface area contributed by atoms with Crippen molar-refractivity contribution in [1.82, 2.24) is 4.90 Å². The minimum Gasteiger partial charge on any atom is -0.339 e.